The number of rotatable bonds is 2. The molecule has 2 aliphatic heterocycles. The maximum atomic E-state index is 12.5. The van der Waals surface area contributed by atoms with Gasteiger partial charge in [-0.15, -0.1) is 10.2 Å². The number of nitriles is 1. The van der Waals surface area contributed by atoms with Gasteiger partial charge in [-0.05, 0) is 30.7 Å². The fourth-order valence-corrected chi connectivity index (χ4v) is 4.11. The van der Waals surface area contributed by atoms with Gasteiger partial charge in [-0.1, -0.05) is 11.3 Å². The number of benzene rings is 1. The number of amides is 1. The average molecular weight is 325 g/mol. The van der Waals surface area contributed by atoms with Gasteiger partial charge in [0.25, 0.3) is 0 Å². The van der Waals surface area contributed by atoms with E-state index < -0.39 is 0 Å². The van der Waals surface area contributed by atoms with E-state index in [1.165, 1.54) is 11.3 Å². The summed E-state index contributed by atoms with van der Waals surface area (Å²) in [6, 6.07) is 9.33. The highest BCUT2D eigenvalue weighted by atomic mass is 32.1. The normalized spacial score (nSPS) is 23.7. The van der Waals surface area contributed by atoms with Crippen molar-refractivity contribution in [1.29, 1.82) is 5.26 Å². The van der Waals surface area contributed by atoms with Crippen molar-refractivity contribution in [3.05, 3.63) is 35.3 Å². The first-order valence-electron chi connectivity index (χ1n) is 7.51. The van der Waals surface area contributed by atoms with Crippen molar-refractivity contribution in [3.63, 3.8) is 0 Å². The van der Waals surface area contributed by atoms with E-state index in [0.717, 1.165) is 36.9 Å². The molecule has 4 rings (SSSR count). The molecule has 7 heteroatoms. The molecule has 0 saturated carbocycles. The molecule has 1 aromatic carbocycles. The molecule has 3 heterocycles. The van der Waals surface area contributed by atoms with Crippen LogP contribution in [0.2, 0.25) is 0 Å². The summed E-state index contributed by atoms with van der Waals surface area (Å²) in [5.41, 5.74) is 3.22. The molecular formula is C16H15N5OS. The van der Waals surface area contributed by atoms with Crippen LogP contribution in [0.15, 0.2) is 29.8 Å². The van der Waals surface area contributed by atoms with Gasteiger partial charge in [-0.2, -0.15) is 5.26 Å². The lowest BCUT2D eigenvalue weighted by atomic mass is 9.86. The monoisotopic (exact) mass is 325 g/mol. The number of hydrogen-bond donors (Lipinski definition) is 0. The first-order valence-corrected chi connectivity index (χ1v) is 8.39. The molecular weight excluding hydrogens is 310 g/mol. The minimum Gasteiger partial charge on any atom is -0.346 e. The second-order valence-electron chi connectivity index (χ2n) is 6.21. The zero-order valence-electron chi connectivity index (χ0n) is 12.5. The lowest BCUT2D eigenvalue weighted by Crippen LogP contribution is -2.31. The Kier molecular flexibility index (Phi) is 3.27. The van der Waals surface area contributed by atoms with Crippen molar-refractivity contribution in [3.8, 4) is 6.07 Å². The molecule has 1 atom stereocenters. The molecule has 2 aliphatic rings. The first-order chi connectivity index (χ1) is 11.2. The van der Waals surface area contributed by atoms with Crippen molar-refractivity contribution in [2.75, 3.05) is 29.4 Å². The third kappa shape index (κ3) is 2.45. The Labute approximate surface area is 138 Å². The van der Waals surface area contributed by atoms with Crippen LogP contribution in [0.1, 0.15) is 18.4 Å². The largest absolute Gasteiger partial charge is 0.346 e. The molecule has 2 saturated heterocycles. The summed E-state index contributed by atoms with van der Waals surface area (Å²) < 4.78 is 0. The van der Waals surface area contributed by atoms with Crippen molar-refractivity contribution < 1.29 is 4.79 Å². The van der Waals surface area contributed by atoms with Gasteiger partial charge in [0.15, 0.2) is 0 Å². The van der Waals surface area contributed by atoms with Crippen molar-refractivity contribution >= 4 is 28.1 Å². The van der Waals surface area contributed by atoms with Crippen molar-refractivity contribution in [2.45, 2.75) is 12.8 Å². The Balaban J connectivity index is 1.53. The minimum absolute atomic E-state index is 0.00332. The first kappa shape index (κ1) is 14.2. The van der Waals surface area contributed by atoms with Crippen LogP contribution in [-0.4, -0.2) is 35.7 Å². The van der Waals surface area contributed by atoms with Crippen LogP contribution in [0.3, 0.4) is 0 Å². The van der Waals surface area contributed by atoms with Crippen LogP contribution in [0.5, 0.6) is 0 Å². The van der Waals surface area contributed by atoms with E-state index >= 15 is 0 Å². The molecule has 1 aromatic heterocycles. The van der Waals surface area contributed by atoms with Crippen molar-refractivity contribution in [1.82, 2.24) is 10.2 Å². The Bertz CT molecular complexity index is 767. The third-order valence-electron chi connectivity index (χ3n) is 4.69. The molecule has 23 heavy (non-hydrogen) atoms. The highest BCUT2D eigenvalue weighted by Gasteiger charge is 2.48. The standard InChI is InChI=1S/C16H15N5OS/c17-8-12-1-3-13(4-2-12)21-10-16(7-14(21)22)5-6-20(9-16)15-19-18-11-23-15/h1-4,11H,5-7,9-10H2. The molecule has 0 radical (unpaired) electrons. The van der Waals surface area contributed by atoms with E-state index in [4.69, 9.17) is 5.26 Å². The van der Waals surface area contributed by atoms with Crippen LogP contribution >= 0.6 is 11.3 Å². The summed E-state index contributed by atoms with van der Waals surface area (Å²) in [4.78, 5) is 16.6. The predicted molar refractivity (Wildman–Crippen MR) is 87.3 cm³/mol. The molecule has 0 aliphatic carbocycles. The van der Waals surface area contributed by atoms with E-state index in [9.17, 15) is 4.79 Å². The van der Waals surface area contributed by atoms with E-state index in [0.29, 0.717) is 12.0 Å². The van der Waals surface area contributed by atoms with Crippen LogP contribution in [0.25, 0.3) is 0 Å². The molecule has 2 aromatic rings. The Morgan fingerprint density at radius 3 is 2.78 bits per heavy atom. The molecule has 1 amide bonds. The lowest BCUT2D eigenvalue weighted by molar-refractivity contribution is -0.117. The molecule has 1 spiro atoms. The van der Waals surface area contributed by atoms with E-state index in [1.54, 1.807) is 17.6 Å². The second kappa shape index (κ2) is 5.32. The number of carbonyl (C=O) groups excluding carboxylic acids is 1. The Hall–Kier alpha value is -2.46. The summed E-state index contributed by atoms with van der Waals surface area (Å²) in [6.07, 6.45) is 1.56. The number of carbonyl (C=O) groups is 1. The second-order valence-corrected chi connectivity index (χ2v) is 7.02. The highest BCUT2D eigenvalue weighted by molar-refractivity contribution is 7.13. The van der Waals surface area contributed by atoms with Crippen LogP contribution in [0.4, 0.5) is 10.8 Å². The van der Waals surface area contributed by atoms with Crippen LogP contribution in [0, 0.1) is 16.7 Å². The SMILES string of the molecule is N#Cc1ccc(N2CC3(CCN(c4nncs4)C3)CC2=O)cc1. The molecule has 0 bridgehead atoms. The number of nitrogens with zero attached hydrogens (tertiary/aromatic N) is 5. The van der Waals surface area contributed by atoms with Crippen molar-refractivity contribution in [2.24, 2.45) is 5.41 Å². The Morgan fingerprint density at radius 2 is 2.09 bits per heavy atom. The highest BCUT2D eigenvalue weighted by Crippen LogP contribution is 2.43. The quantitative estimate of drug-likeness (QED) is 0.845. The summed E-state index contributed by atoms with van der Waals surface area (Å²) in [5.74, 6) is 0.161. The van der Waals surface area contributed by atoms with Gasteiger partial charge in [-0.25, -0.2) is 0 Å². The number of aromatic nitrogens is 2. The number of hydrogen-bond acceptors (Lipinski definition) is 6. The molecule has 6 nitrogen and oxygen atoms in total. The van der Waals surface area contributed by atoms with Crippen LogP contribution < -0.4 is 9.80 Å². The summed E-state index contributed by atoms with van der Waals surface area (Å²) >= 11 is 1.54. The zero-order valence-corrected chi connectivity index (χ0v) is 13.3. The lowest BCUT2D eigenvalue weighted by Gasteiger charge is -2.24. The maximum Gasteiger partial charge on any atom is 0.227 e. The fourth-order valence-electron chi connectivity index (χ4n) is 3.52. The zero-order chi connectivity index (χ0) is 15.9. The van der Waals surface area contributed by atoms with Gasteiger partial charge in [-0.3, -0.25) is 4.79 Å². The molecule has 0 N–H and O–H groups in total. The molecule has 116 valence electrons. The van der Waals surface area contributed by atoms with E-state index in [2.05, 4.69) is 21.2 Å². The Morgan fingerprint density at radius 1 is 1.26 bits per heavy atom. The summed E-state index contributed by atoms with van der Waals surface area (Å²) in [7, 11) is 0. The molecule has 2 fully saturated rings. The smallest absolute Gasteiger partial charge is 0.227 e. The van der Waals surface area contributed by atoms with Gasteiger partial charge in [0.05, 0.1) is 11.6 Å². The topological polar surface area (TPSA) is 73.1 Å². The summed E-state index contributed by atoms with van der Waals surface area (Å²) in [5, 5.41) is 17.9. The minimum atomic E-state index is -0.00332. The van der Waals surface area contributed by atoms with Gasteiger partial charge in [0.2, 0.25) is 11.0 Å². The molecule has 1 unspecified atom stereocenters. The maximum absolute atomic E-state index is 12.5. The van der Waals surface area contributed by atoms with Gasteiger partial charge in [0.1, 0.15) is 5.51 Å². The fraction of sp³-hybridized carbons (Fsp3) is 0.375. The van der Waals surface area contributed by atoms with Crippen LogP contribution in [-0.2, 0) is 4.79 Å². The van der Waals surface area contributed by atoms with E-state index in [1.807, 2.05) is 17.0 Å². The van der Waals surface area contributed by atoms with E-state index in [-0.39, 0.29) is 11.3 Å². The van der Waals surface area contributed by atoms with Gasteiger partial charge >= 0.3 is 0 Å². The third-order valence-corrected chi connectivity index (χ3v) is 5.44. The van der Waals surface area contributed by atoms with Gasteiger partial charge < -0.3 is 9.80 Å². The summed E-state index contributed by atoms with van der Waals surface area (Å²) in [6.45, 7) is 2.50. The van der Waals surface area contributed by atoms with Gasteiger partial charge in [0, 0.05) is 37.2 Å². The average Bonchev–Trinajstić information content (AvgIpc) is 3.29. The number of anilines is 2. The predicted octanol–water partition coefficient (Wildman–Crippen LogP) is 2.04.